The van der Waals surface area contributed by atoms with Crippen LogP contribution in [0, 0.1) is 6.92 Å². The Morgan fingerprint density at radius 1 is 1.47 bits per heavy atom. The first-order chi connectivity index (χ1) is 9.00. The van der Waals surface area contributed by atoms with Gasteiger partial charge in [-0.2, -0.15) is 0 Å². The van der Waals surface area contributed by atoms with Gasteiger partial charge in [0.2, 0.25) is 0 Å². The van der Waals surface area contributed by atoms with E-state index in [9.17, 15) is 4.79 Å². The maximum absolute atomic E-state index is 11.1. The van der Waals surface area contributed by atoms with Gasteiger partial charge >= 0.3 is 5.97 Å². The van der Waals surface area contributed by atoms with E-state index in [1.807, 2.05) is 32.9 Å². The van der Waals surface area contributed by atoms with Crippen LogP contribution in [0.25, 0.3) is 0 Å². The van der Waals surface area contributed by atoms with Crippen molar-refractivity contribution in [3.63, 3.8) is 0 Å². The molecule has 0 unspecified atom stereocenters. The summed E-state index contributed by atoms with van der Waals surface area (Å²) in [5.41, 5.74) is 2.55. The zero-order chi connectivity index (χ0) is 14.0. The van der Waals surface area contributed by atoms with E-state index in [1.165, 1.54) is 0 Å². The van der Waals surface area contributed by atoms with Crippen molar-refractivity contribution >= 4 is 5.97 Å². The number of hydrogen-bond donors (Lipinski definition) is 1. The van der Waals surface area contributed by atoms with Gasteiger partial charge in [0.05, 0.1) is 17.9 Å². The number of nitrogens with zero attached hydrogens (tertiary/aromatic N) is 4. The van der Waals surface area contributed by atoms with Gasteiger partial charge in [0, 0.05) is 6.20 Å². The first-order valence-electron chi connectivity index (χ1n) is 6.08. The van der Waals surface area contributed by atoms with E-state index in [1.54, 1.807) is 10.9 Å². The van der Waals surface area contributed by atoms with Gasteiger partial charge in [0.15, 0.2) is 5.69 Å². The minimum Gasteiger partial charge on any atom is -0.476 e. The lowest BCUT2D eigenvalue weighted by Gasteiger charge is -2.10. The van der Waals surface area contributed by atoms with Crippen LogP contribution in [0.2, 0.25) is 0 Å². The fourth-order valence-corrected chi connectivity index (χ4v) is 1.99. The summed E-state index contributed by atoms with van der Waals surface area (Å²) >= 11 is 0. The Morgan fingerprint density at radius 3 is 2.79 bits per heavy atom. The summed E-state index contributed by atoms with van der Waals surface area (Å²) < 4.78 is 1.61. The number of carboxylic acid groups (broad SMARTS) is 1. The molecule has 0 bridgehead atoms. The zero-order valence-electron chi connectivity index (χ0n) is 11.2. The first kappa shape index (κ1) is 13.2. The molecule has 2 aromatic rings. The monoisotopic (exact) mass is 260 g/mol. The summed E-state index contributed by atoms with van der Waals surface area (Å²) in [7, 11) is 0. The molecule has 100 valence electrons. The van der Waals surface area contributed by atoms with E-state index in [4.69, 9.17) is 5.11 Å². The van der Waals surface area contributed by atoms with E-state index in [0.29, 0.717) is 12.2 Å². The highest BCUT2D eigenvalue weighted by atomic mass is 16.4. The maximum atomic E-state index is 11.1. The molecule has 0 radical (unpaired) electrons. The van der Waals surface area contributed by atoms with Crippen molar-refractivity contribution in [2.24, 2.45) is 0 Å². The van der Waals surface area contributed by atoms with Crippen molar-refractivity contribution in [2.45, 2.75) is 33.2 Å². The van der Waals surface area contributed by atoms with Crippen molar-refractivity contribution < 1.29 is 9.90 Å². The number of carbonyl (C=O) groups is 1. The van der Waals surface area contributed by atoms with Crippen molar-refractivity contribution in [3.8, 4) is 0 Å². The fraction of sp³-hybridized carbons (Fsp3) is 0.385. The number of carboxylic acids is 1. The molecule has 0 amide bonds. The number of aromatic nitrogens is 4. The maximum Gasteiger partial charge on any atom is 0.358 e. The lowest BCUT2D eigenvalue weighted by molar-refractivity contribution is 0.0688. The molecule has 0 saturated carbocycles. The van der Waals surface area contributed by atoms with Gasteiger partial charge in [-0.25, -0.2) is 9.48 Å². The highest BCUT2D eigenvalue weighted by molar-refractivity contribution is 5.86. The Balaban J connectivity index is 2.41. The normalized spacial score (nSPS) is 10.9. The molecule has 0 aliphatic carbocycles. The quantitative estimate of drug-likeness (QED) is 0.907. The predicted octanol–water partition coefficient (Wildman–Crippen LogP) is 1.85. The van der Waals surface area contributed by atoms with Crippen LogP contribution >= 0.6 is 0 Å². The summed E-state index contributed by atoms with van der Waals surface area (Å²) in [4.78, 5) is 15.4. The Morgan fingerprint density at radius 2 is 2.21 bits per heavy atom. The number of aryl methyl sites for hydroxylation is 1. The molecule has 2 aromatic heterocycles. The summed E-state index contributed by atoms with van der Waals surface area (Å²) in [5, 5.41) is 16.8. The van der Waals surface area contributed by atoms with Gasteiger partial charge in [0.25, 0.3) is 0 Å². The van der Waals surface area contributed by atoms with E-state index >= 15 is 0 Å². The van der Waals surface area contributed by atoms with Crippen molar-refractivity contribution in [1.82, 2.24) is 20.0 Å². The van der Waals surface area contributed by atoms with Crippen LogP contribution in [0.15, 0.2) is 18.3 Å². The Hall–Kier alpha value is -2.24. The van der Waals surface area contributed by atoms with Gasteiger partial charge in [-0.1, -0.05) is 25.1 Å². The molecule has 1 N–H and O–H groups in total. The predicted molar refractivity (Wildman–Crippen MR) is 69.1 cm³/mol. The fourth-order valence-electron chi connectivity index (χ4n) is 1.99. The van der Waals surface area contributed by atoms with Crippen molar-refractivity contribution in [2.75, 3.05) is 0 Å². The molecule has 0 aliphatic heterocycles. The molecule has 0 atom stereocenters. The van der Waals surface area contributed by atoms with Crippen molar-refractivity contribution in [1.29, 1.82) is 0 Å². The minimum atomic E-state index is -1.05. The highest BCUT2D eigenvalue weighted by Gasteiger charge is 2.21. The second-order valence-corrected chi connectivity index (χ2v) is 4.71. The van der Waals surface area contributed by atoms with Gasteiger partial charge in [-0.3, -0.25) is 4.98 Å². The molecule has 0 spiro atoms. The summed E-state index contributed by atoms with van der Waals surface area (Å²) in [6, 6.07) is 3.83. The molecule has 2 heterocycles. The van der Waals surface area contributed by atoms with E-state index in [2.05, 4.69) is 15.3 Å². The van der Waals surface area contributed by atoms with E-state index in [0.717, 1.165) is 11.3 Å². The van der Waals surface area contributed by atoms with Crippen LogP contribution in [-0.2, 0) is 6.54 Å². The average Bonchev–Trinajstić information content (AvgIpc) is 2.76. The van der Waals surface area contributed by atoms with E-state index < -0.39 is 5.97 Å². The molecule has 0 fully saturated rings. The molecule has 0 aromatic carbocycles. The second kappa shape index (κ2) is 5.17. The zero-order valence-corrected chi connectivity index (χ0v) is 11.2. The topological polar surface area (TPSA) is 80.9 Å². The number of hydrogen-bond acceptors (Lipinski definition) is 4. The second-order valence-electron chi connectivity index (χ2n) is 4.71. The molecule has 0 saturated heterocycles. The van der Waals surface area contributed by atoms with Crippen LogP contribution in [0.3, 0.4) is 0 Å². The third-order valence-corrected chi connectivity index (χ3v) is 2.94. The largest absolute Gasteiger partial charge is 0.476 e. The van der Waals surface area contributed by atoms with Crippen LogP contribution in [0.5, 0.6) is 0 Å². The lowest BCUT2D eigenvalue weighted by Crippen LogP contribution is -2.12. The van der Waals surface area contributed by atoms with E-state index in [-0.39, 0.29) is 11.6 Å². The van der Waals surface area contributed by atoms with Crippen LogP contribution < -0.4 is 0 Å². The number of pyridine rings is 1. The Bertz CT molecular complexity index is 604. The van der Waals surface area contributed by atoms with Gasteiger partial charge in [0.1, 0.15) is 0 Å². The average molecular weight is 260 g/mol. The standard InChI is InChI=1S/C13H16N4O2/c1-8(2)12-11(13(18)19)15-16-17(12)7-10-9(3)5-4-6-14-10/h4-6,8H,7H2,1-3H3,(H,18,19). The summed E-state index contributed by atoms with van der Waals surface area (Å²) in [5.74, 6) is -1.02. The minimum absolute atomic E-state index is 0.0172. The first-order valence-corrected chi connectivity index (χ1v) is 6.08. The van der Waals surface area contributed by atoms with Gasteiger partial charge in [-0.15, -0.1) is 5.10 Å². The molecular weight excluding hydrogens is 244 g/mol. The Kier molecular flexibility index (Phi) is 3.59. The molecule has 6 nitrogen and oxygen atoms in total. The summed E-state index contributed by atoms with van der Waals surface area (Å²) in [6.07, 6.45) is 1.71. The third kappa shape index (κ3) is 2.62. The molecule has 6 heteroatoms. The number of aromatic carboxylic acids is 1. The molecule has 0 aliphatic rings. The van der Waals surface area contributed by atoms with Crippen LogP contribution in [0.1, 0.15) is 47.2 Å². The third-order valence-electron chi connectivity index (χ3n) is 2.94. The smallest absolute Gasteiger partial charge is 0.358 e. The SMILES string of the molecule is Cc1cccnc1Cn1nnc(C(=O)O)c1C(C)C. The van der Waals surface area contributed by atoms with Crippen LogP contribution in [0.4, 0.5) is 0 Å². The van der Waals surface area contributed by atoms with Gasteiger partial charge < -0.3 is 5.11 Å². The van der Waals surface area contributed by atoms with Gasteiger partial charge in [-0.05, 0) is 24.5 Å². The Labute approximate surface area is 111 Å². The molecule has 2 rings (SSSR count). The van der Waals surface area contributed by atoms with Crippen molar-refractivity contribution in [3.05, 3.63) is 41.0 Å². The highest BCUT2D eigenvalue weighted by Crippen LogP contribution is 2.19. The molecular formula is C13H16N4O2. The lowest BCUT2D eigenvalue weighted by atomic mass is 10.1. The van der Waals surface area contributed by atoms with Crippen LogP contribution in [-0.4, -0.2) is 31.1 Å². The summed E-state index contributed by atoms with van der Waals surface area (Å²) in [6.45, 7) is 6.24. The molecule has 19 heavy (non-hydrogen) atoms. The number of rotatable bonds is 4.